The number of nitrogens with zero attached hydrogens (tertiary/aromatic N) is 1. The first kappa shape index (κ1) is 12.4. The van der Waals surface area contributed by atoms with Crippen LogP contribution in [-0.2, 0) is 11.0 Å². The first-order valence-electron chi connectivity index (χ1n) is 5.12. The Labute approximate surface area is 100 Å². The average molecular weight is 258 g/mol. The van der Waals surface area contributed by atoms with E-state index < -0.39 is 29.7 Å². The molecule has 3 amide bonds. The van der Waals surface area contributed by atoms with Crippen molar-refractivity contribution < 1.29 is 22.8 Å². The van der Waals surface area contributed by atoms with Gasteiger partial charge in [0.25, 0.3) is 5.91 Å². The zero-order valence-electron chi connectivity index (χ0n) is 9.28. The summed E-state index contributed by atoms with van der Waals surface area (Å²) in [5, 5.41) is 2.33. The summed E-state index contributed by atoms with van der Waals surface area (Å²) in [6, 6.07) is 2.65. The van der Waals surface area contributed by atoms with E-state index in [0.29, 0.717) is 4.90 Å². The van der Waals surface area contributed by atoms with E-state index in [0.717, 1.165) is 18.2 Å². The van der Waals surface area contributed by atoms with Crippen LogP contribution in [0.25, 0.3) is 0 Å². The minimum Gasteiger partial charge on any atom is -0.326 e. The second kappa shape index (κ2) is 4.01. The molecule has 1 saturated heterocycles. The Morgan fingerprint density at radius 2 is 1.94 bits per heavy atom. The molecule has 0 spiro atoms. The van der Waals surface area contributed by atoms with Gasteiger partial charge in [0, 0.05) is 0 Å². The SMILES string of the molecule is CC1NC(=O)N(c2cccc(C(F)(F)F)c2)C1=O. The van der Waals surface area contributed by atoms with E-state index in [-0.39, 0.29) is 5.69 Å². The maximum Gasteiger partial charge on any atom is 0.416 e. The summed E-state index contributed by atoms with van der Waals surface area (Å²) in [6.07, 6.45) is -4.51. The minimum atomic E-state index is -4.51. The molecule has 0 aromatic heterocycles. The Bertz CT molecular complexity index is 513. The maximum atomic E-state index is 12.5. The van der Waals surface area contributed by atoms with Gasteiger partial charge in [0.15, 0.2) is 0 Å². The molecule has 0 saturated carbocycles. The molecule has 96 valence electrons. The number of hydrogen-bond donors (Lipinski definition) is 1. The Morgan fingerprint density at radius 1 is 1.28 bits per heavy atom. The van der Waals surface area contributed by atoms with E-state index >= 15 is 0 Å². The van der Waals surface area contributed by atoms with Gasteiger partial charge in [0.05, 0.1) is 11.3 Å². The fraction of sp³-hybridized carbons (Fsp3) is 0.273. The molecule has 1 fully saturated rings. The van der Waals surface area contributed by atoms with Gasteiger partial charge in [-0.05, 0) is 25.1 Å². The fourth-order valence-corrected chi connectivity index (χ4v) is 1.67. The van der Waals surface area contributed by atoms with Crippen LogP contribution >= 0.6 is 0 Å². The first-order chi connectivity index (χ1) is 8.30. The van der Waals surface area contributed by atoms with Crippen LogP contribution in [0, 0.1) is 0 Å². The van der Waals surface area contributed by atoms with Crippen molar-refractivity contribution in [1.82, 2.24) is 5.32 Å². The summed E-state index contributed by atoms with van der Waals surface area (Å²) >= 11 is 0. The minimum absolute atomic E-state index is 0.0864. The number of amides is 3. The molecule has 1 aliphatic heterocycles. The molecule has 4 nitrogen and oxygen atoms in total. The van der Waals surface area contributed by atoms with Crippen LogP contribution in [0.3, 0.4) is 0 Å². The highest BCUT2D eigenvalue weighted by Crippen LogP contribution is 2.32. The second-order valence-electron chi connectivity index (χ2n) is 3.89. The van der Waals surface area contributed by atoms with Crippen LogP contribution in [0.1, 0.15) is 12.5 Å². The van der Waals surface area contributed by atoms with E-state index in [1.54, 1.807) is 0 Å². The molecule has 0 bridgehead atoms. The Kier molecular flexibility index (Phi) is 2.76. The van der Waals surface area contributed by atoms with Gasteiger partial charge in [-0.2, -0.15) is 13.2 Å². The lowest BCUT2D eigenvalue weighted by Crippen LogP contribution is -2.31. The molecule has 1 heterocycles. The molecule has 2 rings (SSSR count). The van der Waals surface area contributed by atoms with E-state index in [1.165, 1.54) is 13.0 Å². The fourth-order valence-electron chi connectivity index (χ4n) is 1.67. The molecule has 0 radical (unpaired) electrons. The van der Waals surface area contributed by atoms with Gasteiger partial charge in [-0.3, -0.25) is 4.79 Å². The number of alkyl halides is 3. The molecule has 1 unspecified atom stereocenters. The van der Waals surface area contributed by atoms with Gasteiger partial charge in [0.2, 0.25) is 0 Å². The summed E-state index contributed by atoms with van der Waals surface area (Å²) in [6.45, 7) is 1.47. The molecule has 1 aromatic carbocycles. The molecule has 18 heavy (non-hydrogen) atoms. The van der Waals surface area contributed by atoms with Gasteiger partial charge in [-0.15, -0.1) is 0 Å². The van der Waals surface area contributed by atoms with Crippen LogP contribution in [0.4, 0.5) is 23.7 Å². The van der Waals surface area contributed by atoms with Gasteiger partial charge in [-0.1, -0.05) is 6.07 Å². The first-order valence-corrected chi connectivity index (χ1v) is 5.12. The van der Waals surface area contributed by atoms with Gasteiger partial charge in [0.1, 0.15) is 6.04 Å². The number of benzene rings is 1. The van der Waals surface area contributed by atoms with Crippen molar-refractivity contribution in [2.75, 3.05) is 4.90 Å². The van der Waals surface area contributed by atoms with Crippen LogP contribution in [0.2, 0.25) is 0 Å². The molecule has 1 N–H and O–H groups in total. The molecular formula is C11H9F3N2O2. The molecule has 1 aliphatic rings. The number of halogens is 3. The van der Waals surface area contributed by atoms with Crippen molar-refractivity contribution in [1.29, 1.82) is 0 Å². The number of anilines is 1. The molecule has 7 heteroatoms. The van der Waals surface area contributed by atoms with E-state index in [9.17, 15) is 22.8 Å². The Hall–Kier alpha value is -2.05. The number of imide groups is 1. The van der Waals surface area contributed by atoms with Crippen molar-refractivity contribution in [3.8, 4) is 0 Å². The third-order valence-electron chi connectivity index (χ3n) is 2.57. The maximum absolute atomic E-state index is 12.5. The number of nitrogens with one attached hydrogen (secondary N) is 1. The zero-order chi connectivity index (χ0) is 13.5. The lowest BCUT2D eigenvalue weighted by atomic mass is 10.2. The normalized spacial score (nSPS) is 20.2. The van der Waals surface area contributed by atoms with Crippen LogP contribution in [-0.4, -0.2) is 18.0 Å². The second-order valence-corrected chi connectivity index (χ2v) is 3.89. The van der Waals surface area contributed by atoms with Crippen molar-refractivity contribution in [3.63, 3.8) is 0 Å². The Balaban J connectivity index is 2.41. The molecular weight excluding hydrogens is 249 g/mol. The smallest absolute Gasteiger partial charge is 0.326 e. The van der Waals surface area contributed by atoms with E-state index in [1.807, 2.05) is 0 Å². The zero-order valence-corrected chi connectivity index (χ0v) is 9.28. The molecule has 1 atom stereocenters. The summed E-state index contributed by atoms with van der Waals surface area (Å²) in [5.41, 5.74) is -0.989. The van der Waals surface area contributed by atoms with Crippen LogP contribution in [0.5, 0.6) is 0 Å². The predicted molar refractivity (Wildman–Crippen MR) is 56.9 cm³/mol. The predicted octanol–water partition coefficient (Wildman–Crippen LogP) is 2.15. The summed E-state index contributed by atoms with van der Waals surface area (Å²) in [4.78, 5) is 23.8. The monoisotopic (exact) mass is 258 g/mol. The summed E-state index contributed by atoms with van der Waals surface area (Å²) in [5.74, 6) is -0.570. The number of rotatable bonds is 1. The highest BCUT2D eigenvalue weighted by atomic mass is 19.4. The van der Waals surface area contributed by atoms with E-state index in [4.69, 9.17) is 0 Å². The van der Waals surface area contributed by atoms with Gasteiger partial charge in [-0.25, -0.2) is 9.69 Å². The third-order valence-corrected chi connectivity index (χ3v) is 2.57. The number of carbonyl (C=O) groups is 2. The largest absolute Gasteiger partial charge is 0.416 e. The van der Waals surface area contributed by atoms with Crippen LogP contribution < -0.4 is 10.2 Å². The Morgan fingerprint density at radius 3 is 2.44 bits per heavy atom. The van der Waals surface area contributed by atoms with Crippen molar-refractivity contribution in [2.24, 2.45) is 0 Å². The summed E-state index contributed by atoms with van der Waals surface area (Å²) < 4.78 is 37.6. The van der Waals surface area contributed by atoms with Crippen molar-refractivity contribution in [2.45, 2.75) is 19.1 Å². The highest BCUT2D eigenvalue weighted by Gasteiger charge is 2.37. The number of hydrogen-bond acceptors (Lipinski definition) is 2. The van der Waals surface area contributed by atoms with Crippen molar-refractivity contribution in [3.05, 3.63) is 29.8 Å². The molecule has 1 aromatic rings. The third kappa shape index (κ3) is 2.03. The molecule has 0 aliphatic carbocycles. The van der Waals surface area contributed by atoms with Crippen molar-refractivity contribution >= 4 is 17.6 Å². The topological polar surface area (TPSA) is 49.4 Å². The quantitative estimate of drug-likeness (QED) is 0.784. The van der Waals surface area contributed by atoms with Gasteiger partial charge >= 0.3 is 12.2 Å². The lowest BCUT2D eigenvalue weighted by Gasteiger charge is -2.14. The highest BCUT2D eigenvalue weighted by molar-refractivity contribution is 6.21. The number of carbonyl (C=O) groups excluding carboxylic acids is 2. The lowest BCUT2D eigenvalue weighted by molar-refractivity contribution is -0.137. The van der Waals surface area contributed by atoms with E-state index in [2.05, 4.69) is 5.32 Å². The number of urea groups is 1. The average Bonchev–Trinajstić information content (AvgIpc) is 2.52. The van der Waals surface area contributed by atoms with Gasteiger partial charge < -0.3 is 5.32 Å². The van der Waals surface area contributed by atoms with Crippen LogP contribution in [0.15, 0.2) is 24.3 Å². The summed E-state index contributed by atoms with van der Waals surface area (Å²) in [7, 11) is 0. The standard InChI is InChI=1S/C11H9F3N2O2/c1-6-9(17)16(10(18)15-6)8-4-2-3-7(5-8)11(12,13)14/h2-6H,1H3,(H,15,18).